The molecular weight excluding hydrogens is 401 g/mol. The maximum absolute atomic E-state index is 14.0. The SMILES string of the molecule is C[C@@H]1CN[C@@H](C)CN1c1ncnc2c1c(C(F)(F)F)cn2-c1cc(C(=O)O)ccn1. The monoisotopic (exact) mass is 420 g/mol. The fourth-order valence-corrected chi connectivity index (χ4v) is 3.65. The van der Waals surface area contributed by atoms with Crippen molar-refractivity contribution in [2.75, 3.05) is 18.0 Å². The minimum atomic E-state index is -4.66. The summed E-state index contributed by atoms with van der Waals surface area (Å²) in [5.41, 5.74) is -0.969. The van der Waals surface area contributed by atoms with Crippen molar-refractivity contribution in [2.24, 2.45) is 0 Å². The van der Waals surface area contributed by atoms with Crippen LogP contribution in [-0.4, -0.2) is 55.8 Å². The third kappa shape index (κ3) is 3.45. The molecule has 30 heavy (non-hydrogen) atoms. The van der Waals surface area contributed by atoms with Crippen LogP contribution in [0.5, 0.6) is 0 Å². The van der Waals surface area contributed by atoms with E-state index in [2.05, 4.69) is 20.3 Å². The maximum Gasteiger partial charge on any atom is 0.418 e. The fraction of sp³-hybridized carbons (Fsp3) is 0.368. The molecule has 3 aromatic rings. The Morgan fingerprint density at radius 2 is 2.03 bits per heavy atom. The molecule has 0 aliphatic carbocycles. The van der Waals surface area contributed by atoms with Crippen LogP contribution < -0.4 is 10.2 Å². The van der Waals surface area contributed by atoms with E-state index in [1.54, 1.807) is 0 Å². The number of carbonyl (C=O) groups is 1. The van der Waals surface area contributed by atoms with Gasteiger partial charge in [-0.3, -0.25) is 4.57 Å². The molecule has 0 saturated carbocycles. The number of fused-ring (bicyclic) bond motifs is 1. The van der Waals surface area contributed by atoms with E-state index in [1.165, 1.54) is 24.7 Å². The number of aromatic carboxylic acids is 1. The van der Waals surface area contributed by atoms with E-state index >= 15 is 0 Å². The number of carboxylic acids is 1. The lowest BCUT2D eigenvalue weighted by Crippen LogP contribution is -2.54. The van der Waals surface area contributed by atoms with Crippen LogP contribution in [0.2, 0.25) is 0 Å². The summed E-state index contributed by atoms with van der Waals surface area (Å²) in [7, 11) is 0. The van der Waals surface area contributed by atoms with Crippen LogP contribution in [0.3, 0.4) is 0 Å². The zero-order valence-electron chi connectivity index (χ0n) is 16.2. The molecule has 8 nitrogen and oxygen atoms in total. The van der Waals surface area contributed by atoms with Gasteiger partial charge in [0, 0.05) is 37.6 Å². The Balaban J connectivity index is 1.97. The molecule has 2 atom stereocenters. The molecule has 0 radical (unpaired) electrons. The summed E-state index contributed by atoms with van der Waals surface area (Å²) in [5, 5.41) is 12.4. The predicted octanol–water partition coefficient (Wildman–Crippen LogP) is 2.72. The average Bonchev–Trinajstić information content (AvgIpc) is 3.10. The van der Waals surface area contributed by atoms with Crippen molar-refractivity contribution in [2.45, 2.75) is 32.1 Å². The van der Waals surface area contributed by atoms with Crippen molar-refractivity contribution in [3.63, 3.8) is 0 Å². The summed E-state index contributed by atoms with van der Waals surface area (Å²) in [6.45, 7) is 4.96. The third-order valence-electron chi connectivity index (χ3n) is 5.14. The molecule has 4 heterocycles. The van der Waals surface area contributed by atoms with Crippen molar-refractivity contribution in [1.82, 2.24) is 24.8 Å². The number of aromatic nitrogens is 4. The van der Waals surface area contributed by atoms with E-state index in [9.17, 15) is 23.1 Å². The van der Waals surface area contributed by atoms with E-state index < -0.39 is 17.7 Å². The second-order valence-electron chi connectivity index (χ2n) is 7.32. The summed E-state index contributed by atoms with van der Waals surface area (Å²) in [5.74, 6) is -0.979. The molecular formula is C19H19F3N6O2. The minimum Gasteiger partial charge on any atom is -0.478 e. The first kappa shape index (κ1) is 20.1. The molecule has 0 bridgehead atoms. The molecule has 0 aromatic carbocycles. The summed E-state index contributed by atoms with van der Waals surface area (Å²) in [4.78, 5) is 25.5. The van der Waals surface area contributed by atoms with Gasteiger partial charge in [-0.25, -0.2) is 19.7 Å². The van der Waals surface area contributed by atoms with Crippen LogP contribution in [0.1, 0.15) is 29.8 Å². The average molecular weight is 420 g/mol. The highest BCUT2D eigenvalue weighted by molar-refractivity contribution is 5.93. The van der Waals surface area contributed by atoms with E-state index in [0.29, 0.717) is 13.1 Å². The number of halogens is 3. The van der Waals surface area contributed by atoms with Gasteiger partial charge in [0.15, 0.2) is 5.65 Å². The summed E-state index contributed by atoms with van der Waals surface area (Å²) >= 11 is 0. The van der Waals surface area contributed by atoms with Crippen LogP contribution in [0.25, 0.3) is 16.9 Å². The first-order valence-electron chi connectivity index (χ1n) is 9.30. The number of anilines is 1. The number of hydrogen-bond acceptors (Lipinski definition) is 6. The molecule has 1 aliphatic rings. The van der Waals surface area contributed by atoms with Crippen LogP contribution in [0.15, 0.2) is 30.9 Å². The maximum atomic E-state index is 14.0. The Hall–Kier alpha value is -3.21. The summed E-state index contributed by atoms with van der Waals surface area (Å²) < 4.78 is 43.0. The molecule has 11 heteroatoms. The Kier molecular flexibility index (Phi) is 4.85. The van der Waals surface area contributed by atoms with Crippen LogP contribution in [0.4, 0.5) is 19.0 Å². The van der Waals surface area contributed by atoms with Gasteiger partial charge in [-0.05, 0) is 26.0 Å². The van der Waals surface area contributed by atoms with Gasteiger partial charge in [0.2, 0.25) is 0 Å². The molecule has 3 aromatic heterocycles. The van der Waals surface area contributed by atoms with Gasteiger partial charge in [-0.1, -0.05) is 0 Å². The number of rotatable bonds is 3. The largest absolute Gasteiger partial charge is 0.478 e. The molecule has 0 unspecified atom stereocenters. The summed E-state index contributed by atoms with van der Waals surface area (Å²) in [6, 6.07) is 2.49. The van der Waals surface area contributed by atoms with Crippen LogP contribution in [-0.2, 0) is 6.18 Å². The normalized spacial score (nSPS) is 20.0. The van der Waals surface area contributed by atoms with E-state index in [-0.39, 0.29) is 40.3 Å². The van der Waals surface area contributed by atoms with Gasteiger partial charge in [0.05, 0.1) is 16.5 Å². The predicted molar refractivity (Wildman–Crippen MR) is 103 cm³/mol. The number of nitrogens with one attached hydrogen (secondary N) is 1. The van der Waals surface area contributed by atoms with E-state index in [1.807, 2.05) is 18.7 Å². The van der Waals surface area contributed by atoms with Crippen LogP contribution >= 0.6 is 0 Å². The standard InChI is InChI=1S/C19H19F3N6O2/c1-10-7-27(11(2)6-24-10)16-15-13(19(20,21)22)8-28(17(15)26-9-25-16)14-5-12(18(29)30)3-4-23-14/h3-5,8-11,24H,6-7H2,1-2H3,(H,29,30)/t10-,11+/m0/s1. The molecule has 0 spiro atoms. The minimum absolute atomic E-state index is 0.0146. The van der Waals surface area contributed by atoms with Crippen molar-refractivity contribution in [1.29, 1.82) is 0 Å². The molecule has 2 N–H and O–H groups in total. The number of piperazine rings is 1. The lowest BCUT2D eigenvalue weighted by molar-refractivity contribution is -0.136. The second kappa shape index (κ2) is 7.24. The first-order valence-corrected chi connectivity index (χ1v) is 9.30. The number of nitrogens with zero attached hydrogens (tertiary/aromatic N) is 5. The van der Waals surface area contributed by atoms with E-state index in [4.69, 9.17) is 0 Å². The Bertz CT molecular complexity index is 1110. The fourth-order valence-electron chi connectivity index (χ4n) is 3.65. The third-order valence-corrected chi connectivity index (χ3v) is 5.14. The van der Waals surface area contributed by atoms with Crippen LogP contribution in [0, 0.1) is 0 Å². The molecule has 1 aliphatic heterocycles. The molecule has 1 saturated heterocycles. The smallest absolute Gasteiger partial charge is 0.418 e. The Labute approximate surface area is 169 Å². The van der Waals surface area contributed by atoms with Gasteiger partial charge in [-0.2, -0.15) is 13.2 Å². The lowest BCUT2D eigenvalue weighted by atomic mass is 10.1. The molecule has 0 amide bonds. The molecule has 4 rings (SSSR count). The zero-order chi connectivity index (χ0) is 21.6. The van der Waals surface area contributed by atoms with Crippen molar-refractivity contribution in [3.05, 3.63) is 42.0 Å². The quantitative estimate of drug-likeness (QED) is 0.673. The molecule has 158 valence electrons. The van der Waals surface area contributed by atoms with Crippen molar-refractivity contribution < 1.29 is 23.1 Å². The second-order valence-corrected chi connectivity index (χ2v) is 7.32. The highest BCUT2D eigenvalue weighted by atomic mass is 19.4. The topological polar surface area (TPSA) is 96.2 Å². The van der Waals surface area contributed by atoms with Gasteiger partial charge >= 0.3 is 12.1 Å². The number of pyridine rings is 1. The highest BCUT2D eigenvalue weighted by Gasteiger charge is 2.38. The van der Waals surface area contributed by atoms with Gasteiger partial charge < -0.3 is 15.3 Å². The van der Waals surface area contributed by atoms with Gasteiger partial charge in [0.25, 0.3) is 0 Å². The van der Waals surface area contributed by atoms with Gasteiger partial charge in [0.1, 0.15) is 18.0 Å². The number of alkyl halides is 3. The highest BCUT2D eigenvalue weighted by Crippen LogP contribution is 2.40. The molecule has 1 fully saturated rings. The summed E-state index contributed by atoms with van der Waals surface area (Å²) in [6.07, 6.45) is -1.31. The number of carboxylic acid groups (broad SMARTS) is 1. The lowest BCUT2D eigenvalue weighted by Gasteiger charge is -2.38. The van der Waals surface area contributed by atoms with Gasteiger partial charge in [-0.15, -0.1) is 0 Å². The first-order chi connectivity index (χ1) is 14.2. The van der Waals surface area contributed by atoms with E-state index in [0.717, 1.165) is 10.8 Å². The van der Waals surface area contributed by atoms with Crippen molar-refractivity contribution in [3.8, 4) is 5.82 Å². The number of hydrogen-bond donors (Lipinski definition) is 2. The van der Waals surface area contributed by atoms with Crippen molar-refractivity contribution >= 4 is 22.8 Å². The Morgan fingerprint density at radius 1 is 1.27 bits per heavy atom. The zero-order valence-corrected chi connectivity index (χ0v) is 16.2. The Morgan fingerprint density at radius 3 is 2.73 bits per heavy atom.